The Labute approximate surface area is 282 Å². The van der Waals surface area contributed by atoms with Crippen LogP contribution in [0.4, 0.5) is 17.1 Å². The van der Waals surface area contributed by atoms with E-state index in [1.54, 1.807) is 0 Å². The average molecular weight is 629 g/mol. The molecule has 0 atom stereocenters. The van der Waals surface area contributed by atoms with E-state index in [-0.39, 0.29) is 0 Å². The SMILES string of the molecule is c1ccc(-c2cccc(N(c3ccc4c(ccc5ccc6nc(-c7ccccc7)oc6c54)c3)c3cccc4oc5ccccc5c34)c2)cc1. The van der Waals surface area contributed by atoms with Gasteiger partial charge >= 0.3 is 0 Å². The van der Waals surface area contributed by atoms with E-state index in [9.17, 15) is 0 Å². The first kappa shape index (κ1) is 27.5. The van der Waals surface area contributed by atoms with Crippen LogP contribution in [-0.4, -0.2) is 4.98 Å². The summed E-state index contributed by atoms with van der Waals surface area (Å²) in [4.78, 5) is 7.21. The van der Waals surface area contributed by atoms with Crippen molar-refractivity contribution >= 4 is 71.6 Å². The lowest BCUT2D eigenvalue weighted by atomic mass is 9.99. The van der Waals surface area contributed by atoms with E-state index < -0.39 is 0 Å². The number of hydrogen-bond donors (Lipinski definition) is 0. The van der Waals surface area contributed by atoms with Crippen LogP contribution in [0.15, 0.2) is 179 Å². The zero-order valence-corrected chi connectivity index (χ0v) is 26.4. The number of hydrogen-bond acceptors (Lipinski definition) is 4. The van der Waals surface area contributed by atoms with Crippen LogP contribution in [0.25, 0.3) is 77.2 Å². The molecule has 0 saturated heterocycles. The molecule has 4 heteroatoms. The number of fused-ring (bicyclic) bond motifs is 8. The van der Waals surface area contributed by atoms with Crippen molar-refractivity contribution in [3.63, 3.8) is 0 Å². The number of nitrogens with zero attached hydrogens (tertiary/aromatic N) is 2. The zero-order chi connectivity index (χ0) is 32.3. The average Bonchev–Trinajstić information content (AvgIpc) is 3.78. The minimum absolute atomic E-state index is 0.627. The second-order valence-electron chi connectivity index (χ2n) is 12.4. The van der Waals surface area contributed by atoms with Crippen molar-refractivity contribution in [3.8, 4) is 22.6 Å². The number of oxazole rings is 1. The van der Waals surface area contributed by atoms with Crippen molar-refractivity contribution in [3.05, 3.63) is 170 Å². The van der Waals surface area contributed by atoms with Gasteiger partial charge in [0, 0.05) is 27.7 Å². The molecule has 10 aromatic rings. The van der Waals surface area contributed by atoms with E-state index in [1.165, 1.54) is 5.56 Å². The normalized spacial score (nSPS) is 11.7. The highest BCUT2D eigenvalue weighted by Gasteiger charge is 2.21. The molecule has 0 aliphatic heterocycles. The Kier molecular flexibility index (Phi) is 6.15. The van der Waals surface area contributed by atoms with Gasteiger partial charge in [0.05, 0.1) is 11.1 Å². The smallest absolute Gasteiger partial charge is 0.227 e. The number of rotatable bonds is 5. The molecule has 8 aromatic carbocycles. The zero-order valence-electron chi connectivity index (χ0n) is 26.4. The molecule has 0 saturated carbocycles. The lowest BCUT2D eigenvalue weighted by molar-refractivity contribution is 0.623. The molecular formula is C45H28N2O2. The molecule has 0 spiro atoms. The first-order valence-corrected chi connectivity index (χ1v) is 16.5. The van der Waals surface area contributed by atoms with Crippen molar-refractivity contribution < 1.29 is 8.83 Å². The molecule has 230 valence electrons. The fourth-order valence-electron chi connectivity index (χ4n) is 7.19. The first-order chi connectivity index (χ1) is 24.3. The third-order valence-corrected chi connectivity index (χ3v) is 9.45. The van der Waals surface area contributed by atoms with Crippen LogP contribution in [0.3, 0.4) is 0 Å². The Morgan fingerprint density at radius 2 is 1.12 bits per heavy atom. The van der Waals surface area contributed by atoms with Crippen LogP contribution in [0.1, 0.15) is 0 Å². The van der Waals surface area contributed by atoms with Crippen molar-refractivity contribution in [2.75, 3.05) is 4.90 Å². The Balaban J connectivity index is 1.21. The van der Waals surface area contributed by atoms with Gasteiger partial charge in [-0.1, -0.05) is 109 Å². The quantitative estimate of drug-likeness (QED) is 0.178. The molecule has 0 unspecified atom stereocenters. The van der Waals surface area contributed by atoms with Gasteiger partial charge in [-0.15, -0.1) is 0 Å². The fourth-order valence-corrected chi connectivity index (χ4v) is 7.19. The Morgan fingerprint density at radius 1 is 0.429 bits per heavy atom. The molecule has 4 nitrogen and oxygen atoms in total. The van der Waals surface area contributed by atoms with Gasteiger partial charge in [-0.3, -0.25) is 0 Å². The maximum absolute atomic E-state index is 6.50. The fraction of sp³-hybridized carbons (Fsp3) is 0. The Hall–Kier alpha value is -6.65. The maximum atomic E-state index is 6.50. The van der Waals surface area contributed by atoms with E-state index in [0.717, 1.165) is 82.8 Å². The van der Waals surface area contributed by atoms with E-state index in [1.807, 2.05) is 48.5 Å². The van der Waals surface area contributed by atoms with Crippen LogP contribution in [0.5, 0.6) is 0 Å². The minimum Gasteiger partial charge on any atom is -0.456 e. The van der Waals surface area contributed by atoms with Crippen molar-refractivity contribution in [2.24, 2.45) is 0 Å². The molecule has 2 heterocycles. The number of benzene rings is 8. The summed E-state index contributed by atoms with van der Waals surface area (Å²) in [6.07, 6.45) is 0. The predicted molar refractivity (Wildman–Crippen MR) is 202 cm³/mol. The second-order valence-corrected chi connectivity index (χ2v) is 12.4. The molecule has 0 bridgehead atoms. The third-order valence-electron chi connectivity index (χ3n) is 9.45. The number of anilines is 3. The summed E-state index contributed by atoms with van der Waals surface area (Å²) in [7, 11) is 0. The molecule has 0 radical (unpaired) electrons. The van der Waals surface area contributed by atoms with Crippen molar-refractivity contribution in [1.29, 1.82) is 0 Å². The molecule has 0 N–H and O–H groups in total. The molecule has 10 rings (SSSR count). The molecule has 0 aliphatic rings. The van der Waals surface area contributed by atoms with Gasteiger partial charge in [-0.25, -0.2) is 4.98 Å². The van der Waals surface area contributed by atoms with Gasteiger partial charge in [0.2, 0.25) is 5.89 Å². The van der Waals surface area contributed by atoms with Gasteiger partial charge in [0.1, 0.15) is 16.7 Å². The second kappa shape index (κ2) is 11.0. The summed E-state index contributed by atoms with van der Waals surface area (Å²) in [6.45, 7) is 0. The standard InChI is InChI=1S/C45H28N2O2/c1-3-11-29(12-4-1)32-15-9-16-34(27-32)47(39-18-10-20-41-43(39)37-17-7-8-19-40(37)48-41)35-24-25-36-33(28-35)22-21-30-23-26-38-44(42(30)36)49-45(46-38)31-13-5-2-6-14-31/h1-28H. The van der Waals surface area contributed by atoms with Crippen LogP contribution < -0.4 is 4.90 Å². The van der Waals surface area contributed by atoms with Gasteiger partial charge in [0.25, 0.3) is 0 Å². The summed E-state index contributed by atoms with van der Waals surface area (Å²) in [6, 6.07) is 59.2. The highest BCUT2D eigenvalue weighted by Crippen LogP contribution is 2.45. The van der Waals surface area contributed by atoms with Crippen molar-refractivity contribution in [2.45, 2.75) is 0 Å². The summed E-state index contributed by atoms with van der Waals surface area (Å²) in [5, 5.41) is 6.59. The molecule has 2 aromatic heterocycles. The topological polar surface area (TPSA) is 42.4 Å². The summed E-state index contributed by atoms with van der Waals surface area (Å²) >= 11 is 0. The highest BCUT2D eigenvalue weighted by atomic mass is 16.3. The summed E-state index contributed by atoms with van der Waals surface area (Å²) in [5.74, 6) is 0.627. The van der Waals surface area contributed by atoms with Gasteiger partial charge in [-0.05, 0) is 87.9 Å². The Bertz CT molecular complexity index is 2830. The molecule has 0 amide bonds. The monoisotopic (exact) mass is 628 g/mol. The minimum atomic E-state index is 0.627. The predicted octanol–water partition coefficient (Wildman–Crippen LogP) is 12.8. The largest absolute Gasteiger partial charge is 0.456 e. The molecule has 0 aliphatic carbocycles. The number of aromatic nitrogens is 1. The van der Waals surface area contributed by atoms with E-state index >= 15 is 0 Å². The van der Waals surface area contributed by atoms with Gasteiger partial charge in [-0.2, -0.15) is 0 Å². The molecular weight excluding hydrogens is 601 g/mol. The van der Waals surface area contributed by atoms with Crippen LogP contribution >= 0.6 is 0 Å². The lowest BCUT2D eigenvalue weighted by Crippen LogP contribution is -2.10. The van der Waals surface area contributed by atoms with Gasteiger partial charge < -0.3 is 13.7 Å². The third kappa shape index (κ3) is 4.49. The first-order valence-electron chi connectivity index (χ1n) is 16.5. The van der Waals surface area contributed by atoms with Crippen molar-refractivity contribution in [1.82, 2.24) is 4.98 Å². The maximum Gasteiger partial charge on any atom is 0.227 e. The van der Waals surface area contributed by atoms with Crippen LogP contribution in [0, 0.1) is 0 Å². The molecule has 49 heavy (non-hydrogen) atoms. The van der Waals surface area contributed by atoms with E-state index in [2.05, 4.69) is 126 Å². The summed E-state index contributed by atoms with van der Waals surface area (Å²) < 4.78 is 12.9. The van der Waals surface area contributed by atoms with Crippen LogP contribution in [0.2, 0.25) is 0 Å². The van der Waals surface area contributed by atoms with Crippen LogP contribution in [-0.2, 0) is 0 Å². The number of furan rings is 1. The highest BCUT2D eigenvalue weighted by molar-refractivity contribution is 6.19. The molecule has 0 fully saturated rings. The summed E-state index contributed by atoms with van der Waals surface area (Å²) in [5.41, 5.74) is 9.83. The Morgan fingerprint density at radius 3 is 2.00 bits per heavy atom. The van der Waals surface area contributed by atoms with E-state index in [0.29, 0.717) is 5.89 Å². The van der Waals surface area contributed by atoms with E-state index in [4.69, 9.17) is 13.8 Å². The van der Waals surface area contributed by atoms with Gasteiger partial charge in [0.15, 0.2) is 5.58 Å². The number of para-hydroxylation sites is 1. The lowest BCUT2D eigenvalue weighted by Gasteiger charge is -2.27.